The molecule has 1 heterocycles. The number of rotatable bonds is 6. The van der Waals surface area contributed by atoms with E-state index in [4.69, 9.17) is 14.2 Å². The van der Waals surface area contributed by atoms with E-state index in [9.17, 15) is 4.79 Å². The number of aryl methyl sites for hydroxylation is 2. The van der Waals surface area contributed by atoms with E-state index >= 15 is 0 Å². The van der Waals surface area contributed by atoms with Crippen LogP contribution in [0.5, 0.6) is 17.2 Å². The molecule has 4 rings (SSSR count). The van der Waals surface area contributed by atoms with Gasteiger partial charge >= 0.3 is 0 Å². The highest BCUT2D eigenvalue weighted by molar-refractivity contribution is 5.77. The molecule has 25 heavy (non-hydrogen) atoms. The maximum Gasteiger partial charge on any atom is 0.257 e. The van der Waals surface area contributed by atoms with Gasteiger partial charge in [-0.05, 0) is 66.6 Å². The lowest BCUT2D eigenvalue weighted by atomic mass is 10.1. The van der Waals surface area contributed by atoms with Gasteiger partial charge in [0.05, 0.1) is 0 Å². The molecule has 2 aromatic rings. The normalized spacial score (nSPS) is 14.2. The van der Waals surface area contributed by atoms with Crippen molar-refractivity contribution in [3.63, 3.8) is 0 Å². The van der Waals surface area contributed by atoms with Gasteiger partial charge < -0.3 is 19.5 Å². The monoisotopic (exact) mass is 339 g/mol. The summed E-state index contributed by atoms with van der Waals surface area (Å²) >= 11 is 0. The SMILES string of the molecule is O=C(COc1ccc2c(c1)CCC2)NCCc1ccc2c(c1)OCO2. The van der Waals surface area contributed by atoms with Crippen LogP contribution >= 0.6 is 0 Å². The van der Waals surface area contributed by atoms with E-state index in [2.05, 4.69) is 17.4 Å². The van der Waals surface area contributed by atoms with Crippen molar-refractivity contribution >= 4 is 5.91 Å². The summed E-state index contributed by atoms with van der Waals surface area (Å²) in [6.45, 7) is 0.876. The molecule has 0 aromatic heterocycles. The van der Waals surface area contributed by atoms with E-state index in [-0.39, 0.29) is 19.3 Å². The molecule has 5 heteroatoms. The van der Waals surface area contributed by atoms with Crippen LogP contribution in [0, 0.1) is 0 Å². The summed E-state index contributed by atoms with van der Waals surface area (Å²) < 4.78 is 16.3. The van der Waals surface area contributed by atoms with Gasteiger partial charge in [0.2, 0.25) is 6.79 Å². The van der Waals surface area contributed by atoms with Gasteiger partial charge in [-0.1, -0.05) is 12.1 Å². The number of carbonyl (C=O) groups excluding carboxylic acids is 1. The standard InChI is InChI=1S/C20H21NO4/c22-20(12-23-17-6-5-15-2-1-3-16(15)11-17)21-9-8-14-4-7-18-19(10-14)25-13-24-18/h4-7,10-11H,1-3,8-9,12-13H2,(H,21,22). The minimum atomic E-state index is -0.110. The Kier molecular flexibility index (Phi) is 4.46. The molecule has 1 amide bonds. The summed E-state index contributed by atoms with van der Waals surface area (Å²) in [7, 11) is 0. The van der Waals surface area contributed by atoms with Crippen molar-refractivity contribution in [1.82, 2.24) is 5.32 Å². The maximum absolute atomic E-state index is 11.9. The van der Waals surface area contributed by atoms with Crippen LogP contribution in [0.15, 0.2) is 36.4 Å². The van der Waals surface area contributed by atoms with Gasteiger partial charge in [0.25, 0.3) is 5.91 Å². The first-order chi connectivity index (χ1) is 12.3. The Bertz CT molecular complexity index is 787. The summed E-state index contributed by atoms with van der Waals surface area (Å²) in [5, 5.41) is 2.89. The fraction of sp³-hybridized carbons (Fsp3) is 0.350. The lowest BCUT2D eigenvalue weighted by Crippen LogP contribution is -2.30. The van der Waals surface area contributed by atoms with Crippen molar-refractivity contribution in [1.29, 1.82) is 0 Å². The smallest absolute Gasteiger partial charge is 0.257 e. The van der Waals surface area contributed by atoms with Crippen molar-refractivity contribution in [3.8, 4) is 17.2 Å². The van der Waals surface area contributed by atoms with Gasteiger partial charge in [0.15, 0.2) is 18.1 Å². The number of hydrogen-bond donors (Lipinski definition) is 1. The summed E-state index contributed by atoms with van der Waals surface area (Å²) in [4.78, 5) is 11.9. The highest BCUT2D eigenvalue weighted by atomic mass is 16.7. The molecule has 1 N–H and O–H groups in total. The number of hydrogen-bond acceptors (Lipinski definition) is 4. The molecule has 2 aliphatic rings. The van der Waals surface area contributed by atoms with Gasteiger partial charge in [0.1, 0.15) is 5.75 Å². The molecule has 0 fully saturated rings. The Morgan fingerprint density at radius 2 is 1.92 bits per heavy atom. The molecule has 0 spiro atoms. The molecular weight excluding hydrogens is 318 g/mol. The molecule has 0 unspecified atom stereocenters. The van der Waals surface area contributed by atoms with Crippen molar-refractivity contribution in [2.45, 2.75) is 25.7 Å². The van der Waals surface area contributed by atoms with Gasteiger partial charge in [-0.25, -0.2) is 0 Å². The lowest BCUT2D eigenvalue weighted by molar-refractivity contribution is -0.123. The number of carbonyl (C=O) groups is 1. The minimum Gasteiger partial charge on any atom is -0.484 e. The van der Waals surface area contributed by atoms with Crippen molar-refractivity contribution in [2.24, 2.45) is 0 Å². The zero-order valence-electron chi connectivity index (χ0n) is 14.0. The largest absolute Gasteiger partial charge is 0.484 e. The first-order valence-electron chi connectivity index (χ1n) is 8.68. The molecule has 1 aliphatic heterocycles. The third-order valence-corrected chi connectivity index (χ3v) is 4.61. The summed E-state index contributed by atoms with van der Waals surface area (Å²) in [6, 6.07) is 12.0. The second kappa shape index (κ2) is 7.05. The second-order valence-corrected chi connectivity index (χ2v) is 6.36. The molecule has 5 nitrogen and oxygen atoms in total. The second-order valence-electron chi connectivity index (χ2n) is 6.36. The van der Waals surface area contributed by atoms with Crippen LogP contribution in [-0.4, -0.2) is 25.9 Å². The van der Waals surface area contributed by atoms with E-state index in [0.717, 1.165) is 42.1 Å². The van der Waals surface area contributed by atoms with Gasteiger partial charge in [-0.15, -0.1) is 0 Å². The van der Waals surface area contributed by atoms with Crippen LogP contribution < -0.4 is 19.5 Å². The van der Waals surface area contributed by atoms with Gasteiger partial charge in [0, 0.05) is 6.54 Å². The first kappa shape index (κ1) is 15.8. The third kappa shape index (κ3) is 3.71. The van der Waals surface area contributed by atoms with Crippen LogP contribution in [0.25, 0.3) is 0 Å². The van der Waals surface area contributed by atoms with Crippen molar-refractivity contribution in [3.05, 3.63) is 53.1 Å². The number of nitrogens with one attached hydrogen (secondary N) is 1. The zero-order chi connectivity index (χ0) is 17.1. The number of benzene rings is 2. The van der Waals surface area contributed by atoms with Gasteiger partial charge in [-0.3, -0.25) is 4.79 Å². The molecule has 2 aromatic carbocycles. The Labute approximate surface area is 146 Å². The molecule has 0 radical (unpaired) electrons. The Morgan fingerprint density at radius 1 is 1.04 bits per heavy atom. The van der Waals surface area contributed by atoms with Crippen molar-refractivity contribution in [2.75, 3.05) is 19.9 Å². The first-order valence-corrected chi connectivity index (χ1v) is 8.68. The molecular formula is C20H21NO4. The van der Waals surface area contributed by atoms with E-state index in [0.29, 0.717) is 6.54 Å². The summed E-state index contributed by atoms with van der Waals surface area (Å²) in [6.07, 6.45) is 4.20. The highest BCUT2D eigenvalue weighted by Crippen LogP contribution is 2.32. The third-order valence-electron chi connectivity index (χ3n) is 4.61. The van der Waals surface area contributed by atoms with Crippen LogP contribution in [-0.2, 0) is 24.1 Å². The van der Waals surface area contributed by atoms with Crippen LogP contribution in [0.3, 0.4) is 0 Å². The fourth-order valence-electron chi connectivity index (χ4n) is 3.28. The van der Waals surface area contributed by atoms with Crippen LogP contribution in [0.2, 0.25) is 0 Å². The Hall–Kier alpha value is -2.69. The van der Waals surface area contributed by atoms with Crippen LogP contribution in [0.4, 0.5) is 0 Å². The van der Waals surface area contributed by atoms with Crippen LogP contribution in [0.1, 0.15) is 23.1 Å². The lowest BCUT2D eigenvalue weighted by Gasteiger charge is -2.09. The average Bonchev–Trinajstić information content (AvgIpc) is 3.28. The predicted octanol–water partition coefficient (Wildman–Crippen LogP) is 2.64. The molecule has 1 aliphatic carbocycles. The number of fused-ring (bicyclic) bond motifs is 2. The maximum atomic E-state index is 11.9. The molecule has 130 valence electrons. The van der Waals surface area contributed by atoms with Gasteiger partial charge in [-0.2, -0.15) is 0 Å². The summed E-state index contributed by atoms with van der Waals surface area (Å²) in [5.74, 6) is 2.20. The number of amides is 1. The summed E-state index contributed by atoms with van der Waals surface area (Å²) in [5.41, 5.74) is 3.85. The topological polar surface area (TPSA) is 56.8 Å². The van der Waals surface area contributed by atoms with E-state index in [1.807, 2.05) is 24.3 Å². The Balaban J connectivity index is 1.21. The fourth-order valence-corrected chi connectivity index (χ4v) is 3.28. The van der Waals surface area contributed by atoms with E-state index in [1.165, 1.54) is 17.5 Å². The highest BCUT2D eigenvalue weighted by Gasteiger charge is 2.14. The average molecular weight is 339 g/mol. The Morgan fingerprint density at radius 3 is 2.88 bits per heavy atom. The van der Waals surface area contributed by atoms with E-state index < -0.39 is 0 Å². The quantitative estimate of drug-likeness (QED) is 0.879. The zero-order valence-corrected chi connectivity index (χ0v) is 14.0. The molecule has 0 atom stereocenters. The number of ether oxygens (including phenoxy) is 3. The molecule has 0 saturated carbocycles. The molecule has 0 bridgehead atoms. The minimum absolute atomic E-state index is 0.0416. The van der Waals surface area contributed by atoms with Crippen molar-refractivity contribution < 1.29 is 19.0 Å². The molecule has 0 saturated heterocycles. The predicted molar refractivity (Wildman–Crippen MR) is 93.2 cm³/mol. The van der Waals surface area contributed by atoms with E-state index in [1.54, 1.807) is 0 Å².